The van der Waals surface area contributed by atoms with Crippen LogP contribution in [0.25, 0.3) is 0 Å². The highest BCUT2D eigenvalue weighted by atomic mass is 35.5. The Labute approximate surface area is 112 Å². The smallest absolute Gasteiger partial charge is 0.233 e. The lowest BCUT2D eigenvalue weighted by molar-refractivity contribution is 0.588. The average Bonchev–Trinajstić information content (AvgIpc) is 2.23. The first-order valence-electron chi connectivity index (χ1n) is 5.17. The van der Waals surface area contributed by atoms with Crippen LogP contribution < -0.4 is 4.72 Å². The van der Waals surface area contributed by atoms with Crippen LogP contribution in [0.3, 0.4) is 0 Å². The number of sulfonamides is 1. The minimum absolute atomic E-state index is 0.00243. The Balaban J connectivity index is 2.87. The summed E-state index contributed by atoms with van der Waals surface area (Å²) < 4.78 is 26.2. The van der Waals surface area contributed by atoms with Crippen molar-refractivity contribution >= 4 is 38.9 Å². The van der Waals surface area contributed by atoms with Crippen LogP contribution in [0.1, 0.15) is 12.5 Å². The molecule has 17 heavy (non-hydrogen) atoms. The lowest BCUT2D eigenvalue weighted by Gasteiger charge is -2.13. The van der Waals surface area contributed by atoms with Crippen LogP contribution in [0.2, 0.25) is 5.02 Å². The van der Waals surface area contributed by atoms with Gasteiger partial charge in [-0.2, -0.15) is 0 Å². The second kappa shape index (κ2) is 5.94. The molecule has 6 heteroatoms. The predicted molar refractivity (Wildman–Crippen MR) is 73.5 cm³/mol. The molecule has 96 valence electrons. The highest BCUT2D eigenvalue weighted by Gasteiger charge is 2.16. The molecule has 1 atom stereocenters. The van der Waals surface area contributed by atoms with E-state index in [1.54, 1.807) is 32.0 Å². The fourth-order valence-electron chi connectivity index (χ4n) is 1.35. The Bertz CT molecular complexity index is 488. The Morgan fingerprint density at radius 3 is 2.65 bits per heavy atom. The SMILES string of the molecule is Cc1c(Cl)cccc1NS(=O)(=O)CC(C)CCl. The van der Waals surface area contributed by atoms with Gasteiger partial charge in [0.15, 0.2) is 0 Å². The molecule has 0 heterocycles. The molecule has 0 amide bonds. The van der Waals surface area contributed by atoms with Crippen molar-refractivity contribution in [3.8, 4) is 0 Å². The van der Waals surface area contributed by atoms with E-state index in [4.69, 9.17) is 23.2 Å². The van der Waals surface area contributed by atoms with Gasteiger partial charge in [0.05, 0.1) is 11.4 Å². The van der Waals surface area contributed by atoms with Gasteiger partial charge in [0.2, 0.25) is 10.0 Å². The lowest BCUT2D eigenvalue weighted by Crippen LogP contribution is -2.22. The summed E-state index contributed by atoms with van der Waals surface area (Å²) in [6.07, 6.45) is 0. The Morgan fingerprint density at radius 1 is 1.41 bits per heavy atom. The molecule has 1 aromatic carbocycles. The van der Waals surface area contributed by atoms with Crippen molar-refractivity contribution in [3.63, 3.8) is 0 Å². The topological polar surface area (TPSA) is 46.2 Å². The van der Waals surface area contributed by atoms with Gasteiger partial charge in [-0.05, 0) is 30.5 Å². The molecule has 0 radical (unpaired) electrons. The Hall–Kier alpha value is -0.450. The zero-order valence-electron chi connectivity index (χ0n) is 9.70. The van der Waals surface area contributed by atoms with Crippen LogP contribution >= 0.6 is 23.2 Å². The van der Waals surface area contributed by atoms with E-state index in [0.29, 0.717) is 16.6 Å². The van der Waals surface area contributed by atoms with E-state index in [-0.39, 0.29) is 11.7 Å². The summed E-state index contributed by atoms with van der Waals surface area (Å²) in [4.78, 5) is 0. The average molecular weight is 296 g/mol. The molecule has 1 unspecified atom stereocenters. The van der Waals surface area contributed by atoms with Crippen molar-refractivity contribution in [2.45, 2.75) is 13.8 Å². The van der Waals surface area contributed by atoms with Gasteiger partial charge in [-0.1, -0.05) is 24.6 Å². The molecule has 0 aromatic heterocycles. The third-order valence-electron chi connectivity index (χ3n) is 2.30. The van der Waals surface area contributed by atoms with Gasteiger partial charge in [0, 0.05) is 10.9 Å². The van der Waals surface area contributed by atoms with Crippen molar-refractivity contribution in [2.24, 2.45) is 5.92 Å². The van der Waals surface area contributed by atoms with Crippen molar-refractivity contribution in [3.05, 3.63) is 28.8 Å². The summed E-state index contributed by atoms with van der Waals surface area (Å²) in [6, 6.07) is 5.11. The number of nitrogens with one attached hydrogen (secondary N) is 1. The van der Waals surface area contributed by atoms with Crippen LogP contribution in [0.4, 0.5) is 5.69 Å². The molecule has 0 aliphatic carbocycles. The third kappa shape index (κ3) is 4.37. The number of benzene rings is 1. The summed E-state index contributed by atoms with van der Waals surface area (Å²) in [5.74, 6) is 0.228. The maximum Gasteiger partial charge on any atom is 0.233 e. The largest absolute Gasteiger partial charge is 0.283 e. The van der Waals surface area contributed by atoms with E-state index in [2.05, 4.69) is 4.72 Å². The number of alkyl halides is 1. The Morgan fingerprint density at radius 2 is 2.06 bits per heavy atom. The van der Waals surface area contributed by atoms with E-state index in [1.807, 2.05) is 0 Å². The zero-order valence-corrected chi connectivity index (χ0v) is 12.0. The quantitative estimate of drug-likeness (QED) is 0.848. The standard InChI is InChI=1S/C11H15Cl2NO2S/c1-8(6-12)7-17(15,16)14-11-5-3-4-10(13)9(11)2/h3-5,8,14H,6-7H2,1-2H3. The minimum atomic E-state index is -3.38. The summed E-state index contributed by atoms with van der Waals surface area (Å²) in [5.41, 5.74) is 1.23. The van der Waals surface area contributed by atoms with Crippen molar-refractivity contribution in [1.29, 1.82) is 0 Å². The van der Waals surface area contributed by atoms with E-state index in [9.17, 15) is 8.42 Å². The van der Waals surface area contributed by atoms with E-state index >= 15 is 0 Å². The fourth-order valence-corrected chi connectivity index (χ4v) is 3.27. The van der Waals surface area contributed by atoms with Gasteiger partial charge in [0.25, 0.3) is 0 Å². The zero-order chi connectivity index (χ0) is 13.1. The number of halogens is 2. The second-order valence-corrected chi connectivity index (χ2v) is 6.54. The van der Waals surface area contributed by atoms with Crippen molar-refractivity contribution in [2.75, 3.05) is 16.4 Å². The second-order valence-electron chi connectivity index (χ2n) is 4.06. The molecule has 0 fully saturated rings. The summed E-state index contributed by atoms with van der Waals surface area (Å²) >= 11 is 11.5. The van der Waals surface area contributed by atoms with Gasteiger partial charge in [-0.15, -0.1) is 11.6 Å². The van der Waals surface area contributed by atoms with Gasteiger partial charge in [-0.25, -0.2) is 8.42 Å². The maximum absolute atomic E-state index is 11.8. The van der Waals surface area contributed by atoms with Crippen LogP contribution in [-0.2, 0) is 10.0 Å². The summed E-state index contributed by atoms with van der Waals surface area (Å²) in [6.45, 7) is 3.56. The molecule has 0 aliphatic rings. The van der Waals surface area contributed by atoms with Crippen LogP contribution in [-0.4, -0.2) is 20.1 Å². The Kier molecular flexibility index (Phi) is 5.10. The number of rotatable bonds is 5. The van der Waals surface area contributed by atoms with E-state index in [1.165, 1.54) is 0 Å². The first-order valence-corrected chi connectivity index (χ1v) is 7.73. The molecular weight excluding hydrogens is 281 g/mol. The van der Waals surface area contributed by atoms with E-state index < -0.39 is 10.0 Å². The highest BCUT2D eigenvalue weighted by Crippen LogP contribution is 2.24. The number of anilines is 1. The van der Waals surface area contributed by atoms with Crippen molar-refractivity contribution < 1.29 is 8.42 Å². The molecular formula is C11H15Cl2NO2S. The normalized spacial score (nSPS) is 13.4. The minimum Gasteiger partial charge on any atom is -0.283 e. The van der Waals surface area contributed by atoms with Gasteiger partial charge < -0.3 is 0 Å². The number of hydrogen-bond acceptors (Lipinski definition) is 2. The number of hydrogen-bond donors (Lipinski definition) is 1. The predicted octanol–water partition coefficient (Wildman–Crippen LogP) is 3.27. The molecule has 0 saturated carbocycles. The highest BCUT2D eigenvalue weighted by molar-refractivity contribution is 7.92. The van der Waals surface area contributed by atoms with Crippen LogP contribution in [0, 0.1) is 12.8 Å². The fraction of sp³-hybridized carbons (Fsp3) is 0.455. The maximum atomic E-state index is 11.8. The molecule has 0 aliphatic heterocycles. The molecule has 0 saturated heterocycles. The first kappa shape index (κ1) is 14.6. The van der Waals surface area contributed by atoms with Gasteiger partial charge in [0.1, 0.15) is 0 Å². The molecule has 1 aromatic rings. The summed E-state index contributed by atoms with van der Waals surface area (Å²) in [5, 5.41) is 0.538. The molecule has 1 rings (SSSR count). The van der Waals surface area contributed by atoms with Gasteiger partial charge in [-0.3, -0.25) is 4.72 Å². The molecule has 1 N–H and O–H groups in total. The van der Waals surface area contributed by atoms with Gasteiger partial charge >= 0.3 is 0 Å². The summed E-state index contributed by atoms with van der Waals surface area (Å²) in [7, 11) is -3.38. The molecule has 0 spiro atoms. The third-order valence-corrected chi connectivity index (χ3v) is 4.78. The van der Waals surface area contributed by atoms with E-state index in [0.717, 1.165) is 5.56 Å². The van der Waals surface area contributed by atoms with Crippen molar-refractivity contribution in [1.82, 2.24) is 0 Å². The molecule has 0 bridgehead atoms. The van der Waals surface area contributed by atoms with Crippen LogP contribution in [0.15, 0.2) is 18.2 Å². The first-order chi connectivity index (χ1) is 7.85. The van der Waals surface area contributed by atoms with Crippen LogP contribution in [0.5, 0.6) is 0 Å². The lowest BCUT2D eigenvalue weighted by atomic mass is 10.2. The molecule has 3 nitrogen and oxygen atoms in total. The monoisotopic (exact) mass is 295 g/mol.